The topological polar surface area (TPSA) is 23.6 Å². The average Bonchev–Trinajstić information content (AvgIpc) is 2.73. The molecule has 0 aliphatic heterocycles. The lowest BCUT2D eigenvalue weighted by Gasteiger charge is -2.33. The first kappa shape index (κ1) is 23.2. The van der Waals surface area contributed by atoms with Crippen LogP contribution < -0.4 is 4.90 Å². The molecule has 0 spiro atoms. The Morgan fingerprint density at radius 1 is 1.07 bits per heavy atom. The molecule has 2 aromatic carbocycles. The maximum atomic E-state index is 13.2. The molecule has 2 aromatic rings. The highest BCUT2D eigenvalue weighted by Gasteiger charge is 2.25. The smallest absolute Gasteiger partial charge is 0.253 e. The number of carbonyl (C=O) groups excluding carboxylic acids is 1. The fourth-order valence-electron chi connectivity index (χ4n) is 4.21. The maximum Gasteiger partial charge on any atom is 0.253 e. The maximum absolute atomic E-state index is 13.2. The van der Waals surface area contributed by atoms with E-state index < -0.39 is 0 Å². The monoisotopic (exact) mass is 532 g/mol. The number of rotatable bonds is 7. The molecule has 1 aliphatic rings. The zero-order valence-corrected chi connectivity index (χ0v) is 21.0. The fourth-order valence-corrected chi connectivity index (χ4v) is 5.74. The van der Waals surface area contributed by atoms with Gasteiger partial charge in [-0.25, -0.2) is 0 Å². The molecule has 0 aromatic heterocycles. The van der Waals surface area contributed by atoms with Gasteiger partial charge < -0.3 is 4.90 Å². The van der Waals surface area contributed by atoms with Crippen molar-refractivity contribution in [3.8, 4) is 0 Å². The van der Waals surface area contributed by atoms with E-state index in [0.29, 0.717) is 18.2 Å². The van der Waals surface area contributed by atoms with Crippen LogP contribution in [0.4, 0.5) is 5.69 Å². The lowest BCUT2D eigenvalue weighted by Crippen LogP contribution is -2.35. The summed E-state index contributed by atoms with van der Waals surface area (Å²) < 4.78 is 1.92. The average molecular weight is 534 g/mol. The molecule has 0 unspecified atom stereocenters. The molecule has 0 heterocycles. The van der Waals surface area contributed by atoms with Crippen LogP contribution in [0.2, 0.25) is 0 Å². The van der Waals surface area contributed by atoms with Crippen molar-refractivity contribution >= 4 is 43.5 Å². The third kappa shape index (κ3) is 5.83. The summed E-state index contributed by atoms with van der Waals surface area (Å²) >= 11 is 7.39. The second kappa shape index (κ2) is 10.7. The van der Waals surface area contributed by atoms with Gasteiger partial charge in [-0.15, -0.1) is 0 Å². The highest BCUT2D eigenvalue weighted by molar-refractivity contribution is 9.11. The van der Waals surface area contributed by atoms with E-state index in [9.17, 15) is 4.79 Å². The third-order valence-electron chi connectivity index (χ3n) is 5.79. The van der Waals surface area contributed by atoms with Gasteiger partial charge in [-0.05, 0) is 66.0 Å². The van der Waals surface area contributed by atoms with E-state index in [1.165, 1.54) is 32.1 Å². The second-order valence-electron chi connectivity index (χ2n) is 8.26. The molecule has 1 aliphatic carbocycles. The number of benzene rings is 2. The van der Waals surface area contributed by atoms with Gasteiger partial charge in [0.2, 0.25) is 0 Å². The van der Waals surface area contributed by atoms with Crippen molar-refractivity contribution in [1.82, 2.24) is 4.90 Å². The van der Waals surface area contributed by atoms with Gasteiger partial charge in [0.1, 0.15) is 0 Å². The minimum atomic E-state index is -0.0524. The highest BCUT2D eigenvalue weighted by Crippen LogP contribution is 2.37. The number of anilines is 1. The summed E-state index contributed by atoms with van der Waals surface area (Å²) in [5, 5.41) is 0. The molecular formula is C25H30Br2N2O. The van der Waals surface area contributed by atoms with Crippen LogP contribution in [0.25, 0.3) is 0 Å². The summed E-state index contributed by atoms with van der Waals surface area (Å²) in [6.07, 6.45) is 6.45. The molecule has 0 atom stereocenters. The summed E-state index contributed by atoms with van der Waals surface area (Å²) in [6.45, 7) is 7.01. The van der Waals surface area contributed by atoms with Gasteiger partial charge in [0.05, 0.1) is 12.2 Å². The molecular weight excluding hydrogens is 504 g/mol. The molecule has 3 rings (SSSR count). The minimum Gasteiger partial charge on any atom is -0.303 e. The Balaban J connectivity index is 1.99. The summed E-state index contributed by atoms with van der Waals surface area (Å²) in [4.78, 5) is 17.5. The zero-order chi connectivity index (χ0) is 21.7. The van der Waals surface area contributed by atoms with Crippen molar-refractivity contribution in [3.63, 3.8) is 0 Å². The standard InChI is InChI=1S/C25H30Br2N2O/c1-18(2)25(30)29(16-19-10-6-4-7-11-19)24-20(14-21(26)15-23(24)27)17-28(3)22-12-8-5-9-13-22/h4,6-7,10-11,14-15,22H,1,5,8-9,12-13,16-17H2,2-3H3. The second-order valence-corrected chi connectivity index (χ2v) is 10.0. The number of hydrogen-bond donors (Lipinski definition) is 0. The van der Waals surface area contributed by atoms with Crippen LogP contribution in [-0.2, 0) is 17.9 Å². The van der Waals surface area contributed by atoms with E-state index in [0.717, 1.165) is 32.3 Å². The number of amides is 1. The van der Waals surface area contributed by atoms with Crippen LogP contribution in [0.1, 0.15) is 50.2 Å². The Labute approximate surface area is 197 Å². The molecule has 1 fully saturated rings. The summed E-state index contributed by atoms with van der Waals surface area (Å²) in [6, 6.07) is 14.9. The third-order valence-corrected chi connectivity index (χ3v) is 6.85. The molecule has 0 radical (unpaired) electrons. The Kier molecular flexibility index (Phi) is 8.32. The number of halogens is 2. The number of carbonyl (C=O) groups is 1. The molecule has 0 bridgehead atoms. The minimum absolute atomic E-state index is 0.0524. The predicted octanol–water partition coefficient (Wildman–Crippen LogP) is 7.09. The van der Waals surface area contributed by atoms with Crippen LogP contribution >= 0.6 is 31.9 Å². The van der Waals surface area contributed by atoms with Crippen molar-refractivity contribution in [2.75, 3.05) is 11.9 Å². The van der Waals surface area contributed by atoms with Gasteiger partial charge in [-0.2, -0.15) is 0 Å². The van der Waals surface area contributed by atoms with Gasteiger partial charge in [0, 0.05) is 27.1 Å². The Bertz CT molecular complexity index is 892. The first-order valence-corrected chi connectivity index (χ1v) is 12.1. The van der Waals surface area contributed by atoms with Crippen LogP contribution in [-0.4, -0.2) is 23.9 Å². The molecule has 5 heteroatoms. The van der Waals surface area contributed by atoms with Gasteiger partial charge >= 0.3 is 0 Å². The molecule has 0 saturated heterocycles. The first-order chi connectivity index (χ1) is 14.4. The molecule has 1 amide bonds. The first-order valence-electron chi connectivity index (χ1n) is 10.6. The van der Waals surface area contributed by atoms with E-state index in [4.69, 9.17) is 0 Å². The van der Waals surface area contributed by atoms with E-state index in [2.05, 4.69) is 68.6 Å². The van der Waals surface area contributed by atoms with Gasteiger partial charge in [0.25, 0.3) is 5.91 Å². The van der Waals surface area contributed by atoms with E-state index >= 15 is 0 Å². The molecule has 3 nitrogen and oxygen atoms in total. The quantitative estimate of drug-likeness (QED) is 0.355. The van der Waals surface area contributed by atoms with Crippen molar-refractivity contribution in [3.05, 3.63) is 74.7 Å². The van der Waals surface area contributed by atoms with Crippen molar-refractivity contribution in [2.45, 2.75) is 58.2 Å². The van der Waals surface area contributed by atoms with Crippen molar-refractivity contribution in [1.29, 1.82) is 0 Å². The van der Waals surface area contributed by atoms with Crippen LogP contribution in [0, 0.1) is 0 Å². The van der Waals surface area contributed by atoms with Crippen LogP contribution in [0.5, 0.6) is 0 Å². The van der Waals surface area contributed by atoms with E-state index in [1.54, 1.807) is 6.92 Å². The molecule has 0 N–H and O–H groups in total. The lowest BCUT2D eigenvalue weighted by atomic mass is 9.94. The number of nitrogens with zero attached hydrogens (tertiary/aromatic N) is 2. The van der Waals surface area contributed by atoms with E-state index in [1.807, 2.05) is 29.2 Å². The molecule has 160 valence electrons. The Hall–Kier alpha value is -1.43. The number of hydrogen-bond acceptors (Lipinski definition) is 2. The predicted molar refractivity (Wildman–Crippen MR) is 133 cm³/mol. The molecule has 30 heavy (non-hydrogen) atoms. The van der Waals surface area contributed by atoms with Crippen LogP contribution in [0.3, 0.4) is 0 Å². The van der Waals surface area contributed by atoms with Gasteiger partial charge in [0.15, 0.2) is 0 Å². The fraction of sp³-hybridized carbons (Fsp3) is 0.400. The van der Waals surface area contributed by atoms with Gasteiger partial charge in [-0.1, -0.05) is 72.1 Å². The summed E-state index contributed by atoms with van der Waals surface area (Å²) in [5.41, 5.74) is 3.69. The largest absolute Gasteiger partial charge is 0.303 e. The normalized spacial score (nSPS) is 14.7. The summed E-state index contributed by atoms with van der Waals surface area (Å²) in [7, 11) is 2.21. The summed E-state index contributed by atoms with van der Waals surface area (Å²) in [5.74, 6) is -0.0524. The highest BCUT2D eigenvalue weighted by atomic mass is 79.9. The Morgan fingerprint density at radius 3 is 2.37 bits per heavy atom. The SMILES string of the molecule is C=C(C)C(=O)N(Cc1ccccc1)c1c(Br)cc(Br)cc1CN(C)C1CCCCC1. The molecule has 1 saturated carbocycles. The van der Waals surface area contributed by atoms with Gasteiger partial charge in [-0.3, -0.25) is 9.69 Å². The van der Waals surface area contributed by atoms with E-state index in [-0.39, 0.29) is 5.91 Å². The van der Waals surface area contributed by atoms with Crippen molar-refractivity contribution < 1.29 is 4.79 Å². The Morgan fingerprint density at radius 2 is 1.73 bits per heavy atom. The lowest BCUT2D eigenvalue weighted by molar-refractivity contribution is -0.115. The zero-order valence-electron chi connectivity index (χ0n) is 17.8. The van der Waals surface area contributed by atoms with Crippen LogP contribution in [0.15, 0.2) is 63.6 Å². The van der Waals surface area contributed by atoms with Crippen molar-refractivity contribution in [2.24, 2.45) is 0 Å².